The highest BCUT2D eigenvalue weighted by Gasteiger charge is 2.31. The van der Waals surface area contributed by atoms with Gasteiger partial charge < -0.3 is 15.4 Å². The number of nitrogens with zero attached hydrogens (tertiary/aromatic N) is 3. The van der Waals surface area contributed by atoms with Crippen LogP contribution in [0.2, 0.25) is 0 Å². The maximum atomic E-state index is 13.6. The van der Waals surface area contributed by atoms with Crippen molar-refractivity contribution < 1.29 is 22.3 Å². The van der Waals surface area contributed by atoms with Crippen molar-refractivity contribution in [2.24, 2.45) is 0 Å². The minimum atomic E-state index is -4.65. The molecular weight excluding hydrogens is 328 g/mol. The molecule has 3 rings (SSSR count). The third kappa shape index (κ3) is 3.56. The minimum Gasteiger partial charge on any atom is -0.378 e. The Morgan fingerprint density at radius 3 is 2.42 bits per heavy atom. The molecule has 1 aliphatic rings. The Morgan fingerprint density at radius 1 is 1.04 bits per heavy atom. The number of nitrogen functional groups attached to an aromatic ring is 1. The molecule has 0 atom stereocenters. The molecule has 0 spiro atoms. The SMILES string of the molecule is Nc1nc(-c2cc(F)cc(C(F)(F)F)c2)cc(N2CCOCC2)n1. The van der Waals surface area contributed by atoms with Crippen LogP contribution in [0.5, 0.6) is 0 Å². The van der Waals surface area contributed by atoms with Crippen LogP contribution in [-0.2, 0) is 10.9 Å². The first-order valence-electron chi connectivity index (χ1n) is 7.18. The van der Waals surface area contributed by atoms with Crippen LogP contribution in [0, 0.1) is 5.82 Å². The van der Waals surface area contributed by atoms with Crippen molar-refractivity contribution >= 4 is 11.8 Å². The number of aromatic nitrogens is 2. The number of rotatable bonds is 2. The Morgan fingerprint density at radius 2 is 1.75 bits per heavy atom. The first-order chi connectivity index (χ1) is 11.3. The fourth-order valence-electron chi connectivity index (χ4n) is 2.46. The van der Waals surface area contributed by atoms with Gasteiger partial charge in [-0.15, -0.1) is 0 Å². The van der Waals surface area contributed by atoms with Crippen molar-refractivity contribution in [1.29, 1.82) is 0 Å². The first-order valence-corrected chi connectivity index (χ1v) is 7.18. The molecule has 0 aliphatic carbocycles. The van der Waals surface area contributed by atoms with E-state index in [0.29, 0.717) is 38.2 Å². The molecule has 0 radical (unpaired) electrons. The molecule has 1 aliphatic heterocycles. The number of hydrogen-bond donors (Lipinski definition) is 1. The van der Waals surface area contributed by atoms with Crippen molar-refractivity contribution in [2.45, 2.75) is 6.18 Å². The molecule has 1 aromatic heterocycles. The Hall–Kier alpha value is -2.42. The Bertz CT molecular complexity index is 745. The molecule has 0 saturated carbocycles. The number of nitrogens with two attached hydrogens (primary N) is 1. The summed E-state index contributed by atoms with van der Waals surface area (Å²) in [5.41, 5.74) is 4.71. The lowest BCUT2D eigenvalue weighted by Gasteiger charge is -2.28. The predicted octanol–water partition coefficient (Wildman–Crippen LogP) is 2.72. The number of anilines is 2. The van der Waals surface area contributed by atoms with Crippen LogP contribution in [0.4, 0.5) is 29.3 Å². The molecule has 5 nitrogen and oxygen atoms in total. The number of ether oxygens (including phenoxy) is 1. The van der Waals surface area contributed by atoms with Crippen LogP contribution in [0.3, 0.4) is 0 Å². The van der Waals surface area contributed by atoms with Gasteiger partial charge in [0.2, 0.25) is 5.95 Å². The van der Waals surface area contributed by atoms with Crippen molar-refractivity contribution in [3.8, 4) is 11.3 Å². The number of alkyl halides is 3. The molecule has 0 bridgehead atoms. The Labute approximate surface area is 135 Å². The fourth-order valence-corrected chi connectivity index (χ4v) is 2.46. The fraction of sp³-hybridized carbons (Fsp3) is 0.333. The third-order valence-electron chi connectivity index (χ3n) is 3.59. The number of hydrogen-bond acceptors (Lipinski definition) is 5. The summed E-state index contributed by atoms with van der Waals surface area (Å²) in [6.45, 7) is 2.18. The van der Waals surface area contributed by atoms with Gasteiger partial charge in [-0.1, -0.05) is 0 Å². The summed E-state index contributed by atoms with van der Waals surface area (Å²) in [4.78, 5) is 9.92. The normalized spacial score (nSPS) is 15.6. The molecule has 1 saturated heterocycles. The van der Waals surface area contributed by atoms with Gasteiger partial charge in [-0.3, -0.25) is 0 Å². The zero-order valence-corrected chi connectivity index (χ0v) is 12.5. The number of benzene rings is 1. The summed E-state index contributed by atoms with van der Waals surface area (Å²) in [6.07, 6.45) is -4.65. The maximum absolute atomic E-state index is 13.6. The van der Waals surface area contributed by atoms with Crippen LogP contribution in [0.1, 0.15) is 5.56 Å². The van der Waals surface area contributed by atoms with Gasteiger partial charge in [-0.2, -0.15) is 18.2 Å². The van der Waals surface area contributed by atoms with Crippen LogP contribution in [-0.4, -0.2) is 36.3 Å². The molecule has 2 heterocycles. The average Bonchev–Trinajstić information content (AvgIpc) is 2.54. The lowest BCUT2D eigenvalue weighted by Crippen LogP contribution is -2.36. The molecule has 1 aromatic carbocycles. The smallest absolute Gasteiger partial charge is 0.378 e. The van der Waals surface area contributed by atoms with Gasteiger partial charge in [0.05, 0.1) is 24.5 Å². The monoisotopic (exact) mass is 342 g/mol. The predicted molar refractivity (Wildman–Crippen MR) is 79.9 cm³/mol. The molecule has 2 aromatic rings. The standard InChI is InChI=1S/C15H14F4N4O/c16-11-6-9(5-10(7-11)15(17,18)19)12-8-13(22-14(20)21-12)23-1-3-24-4-2-23/h5-8H,1-4H2,(H2,20,21,22). The quantitative estimate of drug-likeness (QED) is 0.850. The minimum absolute atomic E-state index is 0.00839. The van der Waals surface area contributed by atoms with Crippen molar-refractivity contribution in [2.75, 3.05) is 36.9 Å². The van der Waals surface area contributed by atoms with Gasteiger partial charge in [0.1, 0.15) is 11.6 Å². The van der Waals surface area contributed by atoms with Gasteiger partial charge in [-0.25, -0.2) is 9.37 Å². The maximum Gasteiger partial charge on any atom is 0.416 e. The van der Waals surface area contributed by atoms with E-state index < -0.39 is 17.6 Å². The topological polar surface area (TPSA) is 64.3 Å². The van der Waals surface area contributed by atoms with Crippen LogP contribution in [0.25, 0.3) is 11.3 Å². The highest BCUT2D eigenvalue weighted by Crippen LogP contribution is 2.33. The lowest BCUT2D eigenvalue weighted by atomic mass is 10.1. The molecule has 2 N–H and O–H groups in total. The highest BCUT2D eigenvalue weighted by molar-refractivity contribution is 5.65. The van der Waals surface area contributed by atoms with Crippen molar-refractivity contribution in [3.63, 3.8) is 0 Å². The van der Waals surface area contributed by atoms with E-state index in [2.05, 4.69) is 9.97 Å². The van der Waals surface area contributed by atoms with Gasteiger partial charge in [0.15, 0.2) is 0 Å². The zero-order valence-electron chi connectivity index (χ0n) is 12.5. The van der Waals surface area contributed by atoms with Gasteiger partial charge in [0.25, 0.3) is 0 Å². The molecular formula is C15H14F4N4O. The van der Waals surface area contributed by atoms with E-state index in [9.17, 15) is 17.6 Å². The van der Waals surface area contributed by atoms with E-state index in [1.54, 1.807) is 0 Å². The van der Waals surface area contributed by atoms with Gasteiger partial charge in [0, 0.05) is 24.7 Å². The summed E-state index contributed by atoms with van der Waals surface area (Å²) in [5, 5.41) is 0. The second kappa shape index (κ2) is 6.23. The van der Waals surface area contributed by atoms with Crippen molar-refractivity contribution in [1.82, 2.24) is 9.97 Å². The van der Waals surface area contributed by atoms with Gasteiger partial charge >= 0.3 is 6.18 Å². The van der Waals surface area contributed by atoms with Gasteiger partial charge in [-0.05, 0) is 18.2 Å². The molecule has 9 heteroatoms. The Balaban J connectivity index is 2.03. The lowest BCUT2D eigenvalue weighted by molar-refractivity contribution is -0.137. The molecule has 24 heavy (non-hydrogen) atoms. The largest absolute Gasteiger partial charge is 0.416 e. The second-order valence-electron chi connectivity index (χ2n) is 5.30. The number of morpholine rings is 1. The van der Waals surface area contributed by atoms with Crippen LogP contribution in [0.15, 0.2) is 24.3 Å². The summed E-state index contributed by atoms with van der Waals surface area (Å²) < 4.78 is 57.4. The van der Waals surface area contributed by atoms with E-state index >= 15 is 0 Å². The highest BCUT2D eigenvalue weighted by atomic mass is 19.4. The summed E-state index contributed by atoms with van der Waals surface area (Å²) in [7, 11) is 0. The molecule has 0 amide bonds. The Kier molecular flexibility index (Phi) is 4.27. The molecule has 1 fully saturated rings. The second-order valence-corrected chi connectivity index (χ2v) is 5.30. The first kappa shape index (κ1) is 16.4. The van der Waals surface area contributed by atoms with E-state index in [-0.39, 0.29) is 17.2 Å². The van der Waals surface area contributed by atoms with E-state index in [1.165, 1.54) is 6.07 Å². The van der Waals surface area contributed by atoms with Crippen LogP contribution >= 0.6 is 0 Å². The van der Waals surface area contributed by atoms with E-state index in [1.807, 2.05) is 4.90 Å². The zero-order chi connectivity index (χ0) is 17.3. The summed E-state index contributed by atoms with van der Waals surface area (Å²) in [6, 6.07) is 3.77. The summed E-state index contributed by atoms with van der Waals surface area (Å²) in [5.74, 6) is -0.615. The van der Waals surface area contributed by atoms with Crippen molar-refractivity contribution in [3.05, 3.63) is 35.6 Å². The van der Waals surface area contributed by atoms with E-state index in [4.69, 9.17) is 10.5 Å². The van der Waals surface area contributed by atoms with Crippen LogP contribution < -0.4 is 10.6 Å². The molecule has 0 unspecified atom stereocenters. The van der Waals surface area contributed by atoms with E-state index in [0.717, 1.165) is 12.1 Å². The average molecular weight is 342 g/mol. The number of halogens is 4. The molecule has 128 valence electrons. The summed E-state index contributed by atoms with van der Waals surface area (Å²) >= 11 is 0. The third-order valence-corrected chi connectivity index (χ3v) is 3.59.